The minimum absolute atomic E-state index is 0.0381. The van der Waals surface area contributed by atoms with Crippen LogP contribution in [0.25, 0.3) is 0 Å². The van der Waals surface area contributed by atoms with Gasteiger partial charge in [-0.25, -0.2) is 0 Å². The summed E-state index contributed by atoms with van der Waals surface area (Å²) in [6.07, 6.45) is 5.53. The second-order valence-electron chi connectivity index (χ2n) is 6.41. The molecule has 1 aromatic rings. The number of nitrogens with zero attached hydrogens (tertiary/aromatic N) is 1. The Hall–Kier alpha value is -2.10. The Morgan fingerprint density at radius 3 is 2.95 bits per heavy atom. The number of hydrogen-bond donors (Lipinski definition) is 1. The summed E-state index contributed by atoms with van der Waals surface area (Å²) in [5.41, 5.74) is 2.80. The van der Waals surface area contributed by atoms with Gasteiger partial charge in [-0.1, -0.05) is 23.8 Å². The van der Waals surface area contributed by atoms with Gasteiger partial charge in [-0.05, 0) is 38.3 Å². The normalized spacial score (nSPS) is 24.0. The Morgan fingerprint density at radius 1 is 1.36 bits per heavy atom. The molecule has 0 spiro atoms. The first-order valence-electron chi connectivity index (χ1n) is 7.84. The average molecular weight is 298 g/mol. The van der Waals surface area contributed by atoms with Crippen LogP contribution in [-0.4, -0.2) is 30.3 Å². The van der Waals surface area contributed by atoms with Crippen molar-refractivity contribution in [2.24, 2.45) is 5.41 Å². The zero-order chi connectivity index (χ0) is 15.7. The van der Waals surface area contributed by atoms with Gasteiger partial charge in [-0.2, -0.15) is 0 Å². The maximum atomic E-state index is 12.4. The topological polar surface area (TPSA) is 49.4 Å². The van der Waals surface area contributed by atoms with Crippen molar-refractivity contribution < 1.29 is 9.59 Å². The van der Waals surface area contributed by atoms with Crippen LogP contribution in [0.1, 0.15) is 41.6 Å². The number of piperidine rings is 1. The molecule has 116 valence electrons. The van der Waals surface area contributed by atoms with Crippen LogP contribution >= 0.6 is 0 Å². The Kier molecular flexibility index (Phi) is 3.77. The highest BCUT2D eigenvalue weighted by Gasteiger charge is 2.44. The molecule has 4 heteroatoms. The van der Waals surface area contributed by atoms with Gasteiger partial charge in [-0.15, -0.1) is 0 Å². The number of amides is 2. The molecule has 1 atom stereocenters. The number of allylic oxidation sites excluding steroid dienone is 1. The van der Waals surface area contributed by atoms with E-state index in [-0.39, 0.29) is 17.2 Å². The van der Waals surface area contributed by atoms with E-state index >= 15 is 0 Å². The molecule has 1 aliphatic heterocycles. The number of aryl methyl sites for hydroxylation is 1. The van der Waals surface area contributed by atoms with Crippen molar-refractivity contribution in [1.29, 1.82) is 0 Å². The number of carbonyl (C=O) groups is 2. The quantitative estimate of drug-likeness (QED) is 0.932. The average Bonchev–Trinajstić information content (AvgIpc) is 2.94. The Bertz CT molecular complexity index is 650. The lowest BCUT2D eigenvalue weighted by molar-refractivity contribution is -0.131. The molecular weight excluding hydrogens is 276 g/mol. The molecule has 1 unspecified atom stereocenters. The molecule has 1 N–H and O–H groups in total. The molecular formula is C18H22N2O2. The SMILES string of the molecule is Cc1cccc(C(=O)NCC23CCC=C2N(C)C(=O)CC3)c1. The van der Waals surface area contributed by atoms with Crippen LogP contribution in [0.5, 0.6) is 0 Å². The Labute approximate surface area is 131 Å². The summed E-state index contributed by atoms with van der Waals surface area (Å²) >= 11 is 0. The fourth-order valence-corrected chi connectivity index (χ4v) is 3.63. The number of likely N-dealkylation sites (tertiary alicyclic amines) is 1. The zero-order valence-corrected chi connectivity index (χ0v) is 13.2. The summed E-state index contributed by atoms with van der Waals surface area (Å²) in [7, 11) is 1.84. The predicted molar refractivity (Wildman–Crippen MR) is 85.3 cm³/mol. The number of carbonyl (C=O) groups excluding carboxylic acids is 2. The standard InChI is InChI=1S/C18H22N2O2/c1-13-5-3-6-14(11-13)17(22)19-12-18-9-4-7-15(18)20(2)16(21)8-10-18/h3,5-7,11H,4,8-10,12H2,1-2H3,(H,19,22). The highest BCUT2D eigenvalue weighted by atomic mass is 16.2. The fourth-order valence-electron chi connectivity index (χ4n) is 3.63. The summed E-state index contributed by atoms with van der Waals surface area (Å²) in [4.78, 5) is 26.0. The van der Waals surface area contributed by atoms with Crippen LogP contribution in [0.15, 0.2) is 36.0 Å². The Morgan fingerprint density at radius 2 is 2.18 bits per heavy atom. The zero-order valence-electron chi connectivity index (χ0n) is 13.2. The van der Waals surface area contributed by atoms with Gasteiger partial charge in [-0.3, -0.25) is 9.59 Å². The van der Waals surface area contributed by atoms with Crippen molar-refractivity contribution >= 4 is 11.8 Å². The molecule has 1 aromatic carbocycles. The van der Waals surface area contributed by atoms with Gasteiger partial charge in [0.2, 0.25) is 5.91 Å². The minimum Gasteiger partial charge on any atom is -0.351 e. The van der Waals surface area contributed by atoms with Crippen LogP contribution < -0.4 is 5.32 Å². The monoisotopic (exact) mass is 298 g/mol. The largest absolute Gasteiger partial charge is 0.351 e. The predicted octanol–water partition coefficient (Wildman–Crippen LogP) is 2.64. The van der Waals surface area contributed by atoms with Crippen molar-refractivity contribution in [2.45, 2.75) is 32.6 Å². The molecule has 1 fully saturated rings. The van der Waals surface area contributed by atoms with Gasteiger partial charge in [0.05, 0.1) is 0 Å². The van der Waals surface area contributed by atoms with Crippen LogP contribution in [-0.2, 0) is 4.79 Å². The van der Waals surface area contributed by atoms with E-state index in [1.54, 1.807) is 4.90 Å². The van der Waals surface area contributed by atoms with Gasteiger partial charge >= 0.3 is 0 Å². The lowest BCUT2D eigenvalue weighted by Gasteiger charge is -2.41. The molecule has 2 amide bonds. The van der Waals surface area contributed by atoms with E-state index in [1.165, 1.54) is 0 Å². The second-order valence-corrected chi connectivity index (χ2v) is 6.41. The highest BCUT2D eigenvalue weighted by Crippen LogP contribution is 2.46. The third-order valence-electron chi connectivity index (χ3n) is 4.92. The van der Waals surface area contributed by atoms with E-state index < -0.39 is 0 Å². The molecule has 1 saturated heterocycles. The van der Waals surface area contributed by atoms with E-state index in [4.69, 9.17) is 0 Å². The molecule has 0 bridgehead atoms. The van der Waals surface area contributed by atoms with Gasteiger partial charge < -0.3 is 10.2 Å². The first-order valence-corrected chi connectivity index (χ1v) is 7.84. The number of hydrogen-bond acceptors (Lipinski definition) is 2. The molecule has 1 heterocycles. The van der Waals surface area contributed by atoms with E-state index in [1.807, 2.05) is 38.2 Å². The molecule has 2 aliphatic rings. The molecule has 3 rings (SSSR count). The summed E-state index contributed by atoms with van der Waals surface area (Å²) in [5.74, 6) is 0.137. The van der Waals surface area contributed by atoms with Crippen LogP contribution in [0.2, 0.25) is 0 Å². The fraction of sp³-hybridized carbons (Fsp3) is 0.444. The molecule has 4 nitrogen and oxygen atoms in total. The van der Waals surface area contributed by atoms with E-state index in [0.717, 1.165) is 30.5 Å². The highest BCUT2D eigenvalue weighted by molar-refractivity contribution is 5.94. The third kappa shape index (κ3) is 2.54. The molecule has 0 radical (unpaired) electrons. The lowest BCUT2D eigenvalue weighted by Crippen LogP contribution is -2.46. The first-order chi connectivity index (χ1) is 10.5. The summed E-state index contributed by atoms with van der Waals surface area (Å²) < 4.78 is 0. The maximum absolute atomic E-state index is 12.4. The van der Waals surface area contributed by atoms with Crippen molar-refractivity contribution in [3.63, 3.8) is 0 Å². The van der Waals surface area contributed by atoms with Gasteiger partial charge in [0.25, 0.3) is 5.91 Å². The van der Waals surface area contributed by atoms with E-state index in [0.29, 0.717) is 18.5 Å². The Balaban J connectivity index is 1.72. The maximum Gasteiger partial charge on any atom is 0.251 e. The first kappa shape index (κ1) is 14.8. The van der Waals surface area contributed by atoms with Crippen LogP contribution in [0.4, 0.5) is 0 Å². The molecule has 22 heavy (non-hydrogen) atoms. The van der Waals surface area contributed by atoms with Crippen LogP contribution in [0, 0.1) is 12.3 Å². The van der Waals surface area contributed by atoms with E-state index in [2.05, 4.69) is 11.4 Å². The summed E-state index contributed by atoms with van der Waals surface area (Å²) in [5, 5.41) is 3.08. The third-order valence-corrected chi connectivity index (χ3v) is 4.92. The number of rotatable bonds is 3. The van der Waals surface area contributed by atoms with Crippen molar-refractivity contribution in [1.82, 2.24) is 10.2 Å². The van der Waals surface area contributed by atoms with Crippen molar-refractivity contribution in [3.05, 3.63) is 47.2 Å². The van der Waals surface area contributed by atoms with Crippen molar-refractivity contribution in [2.75, 3.05) is 13.6 Å². The molecule has 1 aliphatic carbocycles. The number of fused-ring (bicyclic) bond motifs is 1. The van der Waals surface area contributed by atoms with Crippen LogP contribution in [0.3, 0.4) is 0 Å². The molecule has 0 saturated carbocycles. The summed E-state index contributed by atoms with van der Waals surface area (Å²) in [6, 6.07) is 7.61. The number of benzene rings is 1. The van der Waals surface area contributed by atoms with Gasteiger partial charge in [0, 0.05) is 36.7 Å². The smallest absolute Gasteiger partial charge is 0.251 e. The molecule has 0 aromatic heterocycles. The van der Waals surface area contributed by atoms with Gasteiger partial charge in [0.15, 0.2) is 0 Å². The van der Waals surface area contributed by atoms with Gasteiger partial charge in [0.1, 0.15) is 0 Å². The number of nitrogens with one attached hydrogen (secondary N) is 1. The lowest BCUT2D eigenvalue weighted by atomic mass is 9.77. The minimum atomic E-state index is -0.0673. The van der Waals surface area contributed by atoms with Crippen molar-refractivity contribution in [3.8, 4) is 0 Å². The second kappa shape index (κ2) is 5.59. The van der Waals surface area contributed by atoms with E-state index in [9.17, 15) is 9.59 Å². The summed E-state index contributed by atoms with van der Waals surface area (Å²) in [6.45, 7) is 2.58.